The number of unbranched alkanes of at least 4 members (excludes halogenated alkanes) is 3. The molecule has 0 atom stereocenters. The standard InChI is InChI=1S/C14H20N2O3/c1-2-3-4-5-10-15-13(17)11-6-8-12(9-7-11)14(18)16-19/h6-9,19H,2-5,10H2,1H3,(H,15,17)(H,16,18). The van der Waals surface area contributed by atoms with Gasteiger partial charge < -0.3 is 5.32 Å². The fraction of sp³-hybridized carbons (Fsp3) is 0.429. The molecule has 0 aromatic heterocycles. The fourth-order valence-corrected chi connectivity index (χ4v) is 1.69. The number of carbonyl (C=O) groups excluding carboxylic acids is 2. The van der Waals surface area contributed by atoms with Crippen molar-refractivity contribution < 1.29 is 14.8 Å². The van der Waals surface area contributed by atoms with Crippen molar-refractivity contribution in [3.05, 3.63) is 35.4 Å². The molecule has 0 fully saturated rings. The number of benzene rings is 1. The highest BCUT2D eigenvalue weighted by Crippen LogP contribution is 2.04. The van der Waals surface area contributed by atoms with Gasteiger partial charge in [-0.1, -0.05) is 26.2 Å². The van der Waals surface area contributed by atoms with Gasteiger partial charge in [0.05, 0.1) is 0 Å². The number of hydrogen-bond donors (Lipinski definition) is 3. The van der Waals surface area contributed by atoms with Crippen LogP contribution in [0.15, 0.2) is 24.3 Å². The number of hydrogen-bond acceptors (Lipinski definition) is 3. The maximum absolute atomic E-state index is 11.8. The molecule has 104 valence electrons. The molecule has 2 amide bonds. The van der Waals surface area contributed by atoms with Crippen molar-refractivity contribution in [2.75, 3.05) is 6.54 Å². The Bertz CT molecular complexity index is 415. The zero-order valence-corrected chi connectivity index (χ0v) is 11.1. The molecule has 0 aliphatic rings. The summed E-state index contributed by atoms with van der Waals surface area (Å²) in [6, 6.07) is 6.12. The van der Waals surface area contributed by atoms with Crippen LogP contribution in [0, 0.1) is 0 Å². The molecule has 3 N–H and O–H groups in total. The number of rotatable bonds is 7. The Morgan fingerprint density at radius 3 is 2.11 bits per heavy atom. The number of hydroxylamine groups is 1. The second-order valence-corrected chi connectivity index (χ2v) is 4.33. The second kappa shape index (κ2) is 8.26. The van der Waals surface area contributed by atoms with E-state index < -0.39 is 5.91 Å². The van der Waals surface area contributed by atoms with E-state index in [1.54, 1.807) is 17.6 Å². The summed E-state index contributed by atoms with van der Waals surface area (Å²) >= 11 is 0. The average molecular weight is 264 g/mol. The Morgan fingerprint density at radius 1 is 1.00 bits per heavy atom. The molecule has 0 saturated heterocycles. The number of nitrogens with one attached hydrogen (secondary N) is 2. The predicted octanol–water partition coefficient (Wildman–Crippen LogP) is 2.12. The van der Waals surface area contributed by atoms with Gasteiger partial charge in [0.2, 0.25) is 0 Å². The summed E-state index contributed by atoms with van der Waals surface area (Å²) in [7, 11) is 0. The molecule has 0 heterocycles. The van der Waals surface area contributed by atoms with Gasteiger partial charge in [-0.2, -0.15) is 0 Å². The third-order valence-corrected chi connectivity index (χ3v) is 2.83. The van der Waals surface area contributed by atoms with Crippen LogP contribution in [0.1, 0.15) is 53.3 Å². The van der Waals surface area contributed by atoms with E-state index in [2.05, 4.69) is 12.2 Å². The Morgan fingerprint density at radius 2 is 1.58 bits per heavy atom. The SMILES string of the molecule is CCCCCCNC(=O)c1ccc(C(=O)NO)cc1. The van der Waals surface area contributed by atoms with E-state index in [0.29, 0.717) is 17.7 Å². The molecule has 5 heteroatoms. The first kappa shape index (κ1) is 15.2. The lowest BCUT2D eigenvalue weighted by molar-refractivity contribution is 0.0706. The van der Waals surface area contributed by atoms with Gasteiger partial charge >= 0.3 is 0 Å². The van der Waals surface area contributed by atoms with Crippen LogP contribution in [0.4, 0.5) is 0 Å². The molecule has 19 heavy (non-hydrogen) atoms. The van der Waals surface area contributed by atoms with Gasteiger partial charge in [0, 0.05) is 17.7 Å². The highest BCUT2D eigenvalue weighted by Gasteiger charge is 2.07. The van der Waals surface area contributed by atoms with E-state index in [1.165, 1.54) is 25.0 Å². The van der Waals surface area contributed by atoms with E-state index in [-0.39, 0.29) is 5.91 Å². The van der Waals surface area contributed by atoms with Gasteiger partial charge in [0.1, 0.15) is 0 Å². The van der Waals surface area contributed by atoms with Crippen molar-refractivity contribution in [3.63, 3.8) is 0 Å². The number of carbonyl (C=O) groups is 2. The van der Waals surface area contributed by atoms with E-state index in [0.717, 1.165) is 12.8 Å². The summed E-state index contributed by atoms with van der Waals surface area (Å²) in [5.41, 5.74) is 2.36. The monoisotopic (exact) mass is 264 g/mol. The second-order valence-electron chi connectivity index (χ2n) is 4.33. The van der Waals surface area contributed by atoms with Gasteiger partial charge in [-0.15, -0.1) is 0 Å². The van der Waals surface area contributed by atoms with Crippen LogP contribution >= 0.6 is 0 Å². The predicted molar refractivity (Wildman–Crippen MR) is 72.2 cm³/mol. The summed E-state index contributed by atoms with van der Waals surface area (Å²) in [5, 5.41) is 11.3. The molecule has 1 aromatic carbocycles. The molecule has 0 spiro atoms. The maximum atomic E-state index is 11.8. The Labute approximate surface area is 113 Å². The summed E-state index contributed by atoms with van der Waals surface area (Å²) in [5.74, 6) is -0.737. The van der Waals surface area contributed by atoms with Gasteiger partial charge in [-0.25, -0.2) is 5.48 Å². The first-order chi connectivity index (χ1) is 9.19. The molecule has 0 aliphatic carbocycles. The molecule has 5 nitrogen and oxygen atoms in total. The van der Waals surface area contributed by atoms with Gasteiger partial charge in [-0.05, 0) is 30.7 Å². The lowest BCUT2D eigenvalue weighted by Gasteiger charge is -2.05. The fourth-order valence-electron chi connectivity index (χ4n) is 1.69. The molecular weight excluding hydrogens is 244 g/mol. The number of amides is 2. The Kier molecular flexibility index (Phi) is 6.60. The van der Waals surface area contributed by atoms with Crippen molar-refractivity contribution in [1.82, 2.24) is 10.8 Å². The summed E-state index contributed by atoms with van der Waals surface area (Å²) in [6.07, 6.45) is 4.44. The minimum atomic E-state index is -0.591. The van der Waals surface area contributed by atoms with Crippen LogP contribution in [0.2, 0.25) is 0 Å². The van der Waals surface area contributed by atoms with Gasteiger partial charge in [0.15, 0.2) is 0 Å². The zero-order valence-electron chi connectivity index (χ0n) is 11.1. The van der Waals surface area contributed by atoms with E-state index in [9.17, 15) is 9.59 Å². The molecule has 0 aliphatic heterocycles. The summed E-state index contributed by atoms with van der Waals surface area (Å²) in [6.45, 7) is 2.81. The molecule has 0 unspecified atom stereocenters. The Hall–Kier alpha value is -1.88. The zero-order chi connectivity index (χ0) is 14.1. The van der Waals surface area contributed by atoms with Crippen LogP contribution in [0.5, 0.6) is 0 Å². The molecule has 0 bridgehead atoms. The molecule has 1 rings (SSSR count). The average Bonchev–Trinajstić information content (AvgIpc) is 2.46. The van der Waals surface area contributed by atoms with E-state index in [1.807, 2.05) is 0 Å². The van der Waals surface area contributed by atoms with Crippen molar-refractivity contribution in [1.29, 1.82) is 0 Å². The lowest BCUT2D eigenvalue weighted by Crippen LogP contribution is -2.24. The molecule has 0 radical (unpaired) electrons. The highest BCUT2D eigenvalue weighted by atomic mass is 16.5. The van der Waals surface area contributed by atoms with Crippen molar-refractivity contribution in [2.45, 2.75) is 32.6 Å². The van der Waals surface area contributed by atoms with Crippen LogP contribution < -0.4 is 10.8 Å². The summed E-state index contributed by atoms with van der Waals surface area (Å²) < 4.78 is 0. The first-order valence-corrected chi connectivity index (χ1v) is 6.51. The highest BCUT2D eigenvalue weighted by molar-refractivity contribution is 5.97. The topological polar surface area (TPSA) is 78.4 Å². The van der Waals surface area contributed by atoms with Crippen LogP contribution in [-0.2, 0) is 0 Å². The maximum Gasteiger partial charge on any atom is 0.274 e. The molecule has 0 saturated carbocycles. The first-order valence-electron chi connectivity index (χ1n) is 6.51. The van der Waals surface area contributed by atoms with Gasteiger partial charge in [-0.3, -0.25) is 14.8 Å². The van der Waals surface area contributed by atoms with Crippen LogP contribution in [0.25, 0.3) is 0 Å². The smallest absolute Gasteiger partial charge is 0.274 e. The quantitative estimate of drug-likeness (QED) is 0.401. The third-order valence-electron chi connectivity index (χ3n) is 2.83. The Balaban J connectivity index is 2.42. The minimum Gasteiger partial charge on any atom is -0.352 e. The minimum absolute atomic E-state index is 0.146. The van der Waals surface area contributed by atoms with E-state index in [4.69, 9.17) is 5.21 Å². The van der Waals surface area contributed by atoms with E-state index >= 15 is 0 Å². The van der Waals surface area contributed by atoms with Crippen LogP contribution in [-0.4, -0.2) is 23.6 Å². The summed E-state index contributed by atoms with van der Waals surface area (Å²) in [4.78, 5) is 22.9. The third kappa shape index (κ3) is 5.09. The van der Waals surface area contributed by atoms with Gasteiger partial charge in [0.25, 0.3) is 11.8 Å². The molecular formula is C14H20N2O3. The van der Waals surface area contributed by atoms with Crippen LogP contribution in [0.3, 0.4) is 0 Å². The normalized spacial score (nSPS) is 10.0. The molecule has 1 aromatic rings. The van der Waals surface area contributed by atoms with Crippen molar-refractivity contribution in [3.8, 4) is 0 Å². The van der Waals surface area contributed by atoms with Crippen molar-refractivity contribution >= 4 is 11.8 Å². The largest absolute Gasteiger partial charge is 0.352 e. The van der Waals surface area contributed by atoms with Crippen molar-refractivity contribution in [2.24, 2.45) is 0 Å². The lowest BCUT2D eigenvalue weighted by atomic mass is 10.1.